The molecule has 116 valence electrons. The Bertz CT molecular complexity index is 592. The Morgan fingerprint density at radius 3 is 2.19 bits per heavy atom. The predicted molar refractivity (Wildman–Crippen MR) is 80.8 cm³/mol. The second kappa shape index (κ2) is 7.88. The molecule has 21 heavy (non-hydrogen) atoms. The summed E-state index contributed by atoms with van der Waals surface area (Å²) in [6, 6.07) is 3.88. The van der Waals surface area contributed by atoms with Gasteiger partial charge in [0.1, 0.15) is 12.1 Å². The highest BCUT2D eigenvalue weighted by Gasteiger charge is 2.13. The number of hydrogen-bond acceptors (Lipinski definition) is 5. The van der Waals surface area contributed by atoms with E-state index in [4.69, 9.17) is 9.47 Å². The maximum atomic E-state index is 5.67. The van der Waals surface area contributed by atoms with Crippen LogP contribution in [0.15, 0.2) is 18.5 Å². The highest BCUT2D eigenvalue weighted by molar-refractivity contribution is 5.91. The van der Waals surface area contributed by atoms with Crippen molar-refractivity contribution in [2.45, 2.75) is 20.8 Å². The molecule has 0 aliphatic rings. The number of nitrogens with zero attached hydrogens (tertiary/aromatic N) is 3. The van der Waals surface area contributed by atoms with Gasteiger partial charge in [0.25, 0.3) is 0 Å². The standard InChI is InChI=1S/C15H21N3O2.ClH/c1-5-18(4)15-11-8-13(19-6-2)14(20-7-3)9-12(11)16-10-17-15;/h8-10H,5-7H2,1-4H3;1H/p-1. The first-order valence-electron chi connectivity index (χ1n) is 6.96. The summed E-state index contributed by atoms with van der Waals surface area (Å²) in [6.45, 7) is 8.07. The van der Waals surface area contributed by atoms with E-state index in [9.17, 15) is 0 Å². The van der Waals surface area contributed by atoms with Gasteiger partial charge in [-0.3, -0.25) is 0 Å². The molecule has 2 aromatic rings. The zero-order valence-electron chi connectivity index (χ0n) is 12.9. The van der Waals surface area contributed by atoms with Crippen LogP contribution in [0.3, 0.4) is 0 Å². The average Bonchev–Trinajstić information content (AvgIpc) is 2.47. The lowest BCUT2D eigenvalue weighted by molar-refractivity contribution is -0.00000528. The lowest BCUT2D eigenvalue weighted by Crippen LogP contribution is -3.00. The summed E-state index contributed by atoms with van der Waals surface area (Å²) >= 11 is 0. The largest absolute Gasteiger partial charge is 1.00 e. The van der Waals surface area contributed by atoms with E-state index in [0.717, 1.165) is 34.8 Å². The second-order valence-electron chi connectivity index (χ2n) is 4.39. The van der Waals surface area contributed by atoms with Gasteiger partial charge in [0.15, 0.2) is 11.5 Å². The third-order valence-corrected chi connectivity index (χ3v) is 3.12. The molecule has 0 amide bonds. The molecule has 0 spiro atoms. The van der Waals surface area contributed by atoms with Crippen LogP contribution in [0.1, 0.15) is 20.8 Å². The number of anilines is 1. The van der Waals surface area contributed by atoms with Gasteiger partial charge in [-0.15, -0.1) is 0 Å². The minimum absolute atomic E-state index is 0. The van der Waals surface area contributed by atoms with Crippen molar-refractivity contribution in [3.05, 3.63) is 18.5 Å². The molecule has 1 aromatic carbocycles. The fourth-order valence-electron chi connectivity index (χ4n) is 2.04. The molecule has 0 unspecified atom stereocenters. The molecular formula is C15H21ClN3O2-. The Hall–Kier alpha value is -1.75. The van der Waals surface area contributed by atoms with E-state index < -0.39 is 0 Å². The summed E-state index contributed by atoms with van der Waals surface area (Å²) in [5.74, 6) is 2.37. The minimum Gasteiger partial charge on any atom is -1.00 e. The van der Waals surface area contributed by atoms with E-state index in [0.29, 0.717) is 13.2 Å². The SMILES string of the molecule is CCOc1cc2ncnc(N(C)CC)c2cc1OCC.[Cl-]. The molecule has 0 saturated carbocycles. The van der Waals surface area contributed by atoms with E-state index in [1.165, 1.54) is 0 Å². The Balaban J connectivity index is 0.00000220. The van der Waals surface area contributed by atoms with Gasteiger partial charge >= 0.3 is 0 Å². The summed E-state index contributed by atoms with van der Waals surface area (Å²) in [5, 5.41) is 0.976. The van der Waals surface area contributed by atoms with Crippen LogP contribution in [0.2, 0.25) is 0 Å². The van der Waals surface area contributed by atoms with Gasteiger partial charge in [0, 0.05) is 25.0 Å². The van der Waals surface area contributed by atoms with Gasteiger partial charge in [-0.1, -0.05) is 0 Å². The van der Waals surface area contributed by atoms with Crippen molar-refractivity contribution in [1.29, 1.82) is 0 Å². The Morgan fingerprint density at radius 1 is 1.00 bits per heavy atom. The maximum absolute atomic E-state index is 5.67. The minimum atomic E-state index is 0. The van der Waals surface area contributed by atoms with Gasteiger partial charge in [-0.25, -0.2) is 9.97 Å². The molecule has 0 radical (unpaired) electrons. The van der Waals surface area contributed by atoms with Crippen LogP contribution in [-0.4, -0.2) is 36.8 Å². The van der Waals surface area contributed by atoms with Crippen molar-refractivity contribution in [2.75, 3.05) is 31.7 Å². The summed E-state index contributed by atoms with van der Waals surface area (Å²) < 4.78 is 11.3. The molecule has 0 atom stereocenters. The smallest absolute Gasteiger partial charge is 0.163 e. The molecule has 6 heteroatoms. The number of ether oxygens (including phenoxy) is 2. The Labute approximate surface area is 131 Å². The predicted octanol–water partition coefficient (Wildman–Crippen LogP) is -0.113. The van der Waals surface area contributed by atoms with E-state index in [1.54, 1.807) is 6.33 Å². The lowest BCUT2D eigenvalue weighted by Gasteiger charge is -2.18. The summed E-state index contributed by atoms with van der Waals surface area (Å²) in [5.41, 5.74) is 0.863. The van der Waals surface area contributed by atoms with Gasteiger partial charge in [-0.05, 0) is 26.8 Å². The molecule has 2 rings (SSSR count). The molecule has 1 aromatic heterocycles. The quantitative estimate of drug-likeness (QED) is 0.745. The van der Waals surface area contributed by atoms with E-state index >= 15 is 0 Å². The number of hydrogen-bond donors (Lipinski definition) is 0. The van der Waals surface area contributed by atoms with Crippen LogP contribution in [0, 0.1) is 0 Å². The van der Waals surface area contributed by atoms with Crippen LogP contribution in [0.25, 0.3) is 10.9 Å². The molecule has 0 aliphatic carbocycles. The van der Waals surface area contributed by atoms with Crippen molar-refractivity contribution >= 4 is 16.7 Å². The van der Waals surface area contributed by atoms with Gasteiger partial charge in [0.05, 0.1) is 18.7 Å². The van der Waals surface area contributed by atoms with E-state index in [1.807, 2.05) is 33.0 Å². The van der Waals surface area contributed by atoms with Gasteiger partial charge in [-0.2, -0.15) is 0 Å². The molecular weight excluding hydrogens is 290 g/mol. The number of benzene rings is 1. The molecule has 0 saturated heterocycles. The van der Waals surface area contributed by atoms with Gasteiger partial charge in [0.2, 0.25) is 0 Å². The lowest BCUT2D eigenvalue weighted by atomic mass is 10.2. The van der Waals surface area contributed by atoms with Crippen molar-refractivity contribution in [1.82, 2.24) is 9.97 Å². The summed E-state index contributed by atoms with van der Waals surface area (Å²) in [6.07, 6.45) is 1.58. The molecule has 5 nitrogen and oxygen atoms in total. The molecule has 1 heterocycles. The third-order valence-electron chi connectivity index (χ3n) is 3.12. The topological polar surface area (TPSA) is 47.5 Å². The molecule has 0 N–H and O–H groups in total. The zero-order chi connectivity index (χ0) is 14.5. The highest BCUT2D eigenvalue weighted by atomic mass is 35.5. The van der Waals surface area contributed by atoms with Crippen LogP contribution in [0.4, 0.5) is 5.82 Å². The van der Waals surface area contributed by atoms with Crippen LogP contribution in [-0.2, 0) is 0 Å². The number of aromatic nitrogens is 2. The van der Waals surface area contributed by atoms with Crippen molar-refractivity contribution in [2.24, 2.45) is 0 Å². The summed E-state index contributed by atoms with van der Waals surface area (Å²) in [4.78, 5) is 10.8. The number of rotatable bonds is 6. The Morgan fingerprint density at radius 2 is 1.62 bits per heavy atom. The van der Waals surface area contributed by atoms with Crippen LogP contribution < -0.4 is 26.8 Å². The highest BCUT2D eigenvalue weighted by Crippen LogP contribution is 2.34. The molecule has 0 bridgehead atoms. The van der Waals surface area contributed by atoms with Crippen LogP contribution in [0.5, 0.6) is 11.5 Å². The van der Waals surface area contributed by atoms with Crippen molar-refractivity contribution < 1.29 is 21.9 Å². The summed E-state index contributed by atoms with van der Waals surface area (Å²) in [7, 11) is 2.01. The maximum Gasteiger partial charge on any atom is 0.163 e. The molecule has 0 aliphatic heterocycles. The monoisotopic (exact) mass is 310 g/mol. The fourth-order valence-corrected chi connectivity index (χ4v) is 2.04. The normalized spacial score (nSPS) is 10.1. The average molecular weight is 311 g/mol. The van der Waals surface area contributed by atoms with Crippen molar-refractivity contribution in [3.63, 3.8) is 0 Å². The third kappa shape index (κ3) is 3.67. The van der Waals surface area contributed by atoms with E-state index in [-0.39, 0.29) is 12.4 Å². The zero-order valence-corrected chi connectivity index (χ0v) is 13.6. The first-order chi connectivity index (χ1) is 9.71. The van der Waals surface area contributed by atoms with E-state index in [2.05, 4.69) is 21.8 Å². The van der Waals surface area contributed by atoms with Crippen LogP contribution >= 0.6 is 0 Å². The number of fused-ring (bicyclic) bond motifs is 1. The van der Waals surface area contributed by atoms with Crippen molar-refractivity contribution in [3.8, 4) is 11.5 Å². The number of halogens is 1. The van der Waals surface area contributed by atoms with Gasteiger partial charge < -0.3 is 26.8 Å². The second-order valence-corrected chi connectivity index (χ2v) is 4.39. The first kappa shape index (κ1) is 17.3. The Kier molecular flexibility index (Phi) is 6.49. The fraction of sp³-hybridized carbons (Fsp3) is 0.467. The first-order valence-corrected chi connectivity index (χ1v) is 6.96. The molecule has 0 fully saturated rings.